The van der Waals surface area contributed by atoms with Crippen molar-refractivity contribution in [2.24, 2.45) is 0 Å². The number of methoxy groups -OCH3 is 1. The van der Waals surface area contributed by atoms with Gasteiger partial charge in [-0.05, 0) is 55.5 Å². The van der Waals surface area contributed by atoms with Gasteiger partial charge in [-0.15, -0.1) is 0 Å². The van der Waals surface area contributed by atoms with Crippen LogP contribution in [0.25, 0.3) is 0 Å². The second-order valence-electron chi connectivity index (χ2n) is 6.36. The molecule has 0 saturated carbocycles. The monoisotopic (exact) mass is 414 g/mol. The fourth-order valence-electron chi connectivity index (χ4n) is 2.83. The number of amides is 4. The Morgan fingerprint density at radius 3 is 1.80 bits per heavy atom. The molecular formula is C21H22N2O7. The van der Waals surface area contributed by atoms with E-state index in [0.717, 1.165) is 0 Å². The molecule has 2 aromatic carbocycles. The predicted octanol–water partition coefficient (Wildman–Crippen LogP) is 2.40. The number of ether oxygens (including phenoxy) is 4. The number of hydrogen-bond donors (Lipinski definition) is 2. The lowest BCUT2D eigenvalue weighted by molar-refractivity contribution is -0.153. The highest BCUT2D eigenvalue weighted by Gasteiger charge is 2.52. The number of hydrogen-bond acceptors (Lipinski definition) is 7. The van der Waals surface area contributed by atoms with Crippen molar-refractivity contribution in [3.05, 3.63) is 48.5 Å². The molecule has 3 rings (SSSR count). The second kappa shape index (κ2) is 9.27. The normalized spacial score (nSPS) is 15.2. The molecule has 0 aromatic heterocycles. The molecular weight excluding hydrogens is 392 g/mol. The molecule has 1 fully saturated rings. The number of rotatable bonds is 9. The average molecular weight is 414 g/mol. The summed E-state index contributed by atoms with van der Waals surface area (Å²) in [4.78, 5) is 36.4. The molecule has 1 aliphatic heterocycles. The molecule has 0 radical (unpaired) electrons. The summed E-state index contributed by atoms with van der Waals surface area (Å²) in [6, 6.07) is 12.6. The SMILES string of the molecule is CCOCCC1(Oc2ccc(Oc3ccc(OC)cc3)cc2)C(=O)NC(=O)NC1=O. The first-order valence-electron chi connectivity index (χ1n) is 9.32. The summed E-state index contributed by atoms with van der Waals surface area (Å²) >= 11 is 0. The number of carbonyl (C=O) groups is 3. The van der Waals surface area contributed by atoms with Gasteiger partial charge in [0, 0.05) is 13.0 Å². The van der Waals surface area contributed by atoms with Gasteiger partial charge in [0.2, 0.25) is 0 Å². The van der Waals surface area contributed by atoms with E-state index in [2.05, 4.69) is 10.6 Å². The van der Waals surface area contributed by atoms with Crippen LogP contribution in [0.3, 0.4) is 0 Å². The van der Waals surface area contributed by atoms with Crippen molar-refractivity contribution in [3.8, 4) is 23.0 Å². The lowest BCUT2D eigenvalue weighted by atomic mass is 9.95. The van der Waals surface area contributed by atoms with E-state index in [0.29, 0.717) is 23.9 Å². The van der Waals surface area contributed by atoms with Crippen molar-refractivity contribution in [1.29, 1.82) is 0 Å². The van der Waals surface area contributed by atoms with Gasteiger partial charge in [-0.3, -0.25) is 20.2 Å². The first-order valence-corrected chi connectivity index (χ1v) is 9.32. The third kappa shape index (κ3) is 4.69. The molecule has 1 aliphatic rings. The maximum absolute atomic E-state index is 12.5. The number of carbonyl (C=O) groups excluding carboxylic acids is 3. The molecule has 1 heterocycles. The topological polar surface area (TPSA) is 112 Å². The smallest absolute Gasteiger partial charge is 0.328 e. The van der Waals surface area contributed by atoms with Crippen molar-refractivity contribution >= 4 is 17.8 Å². The van der Waals surface area contributed by atoms with Crippen LogP contribution in [0.5, 0.6) is 23.0 Å². The maximum Gasteiger partial charge on any atom is 0.328 e. The lowest BCUT2D eigenvalue weighted by Crippen LogP contribution is -2.69. The third-order valence-electron chi connectivity index (χ3n) is 4.40. The fraction of sp³-hybridized carbons (Fsp3) is 0.286. The molecule has 0 unspecified atom stereocenters. The van der Waals surface area contributed by atoms with E-state index >= 15 is 0 Å². The Kier molecular flexibility index (Phi) is 6.53. The minimum Gasteiger partial charge on any atom is -0.497 e. The van der Waals surface area contributed by atoms with Gasteiger partial charge in [-0.1, -0.05) is 0 Å². The van der Waals surface area contributed by atoms with Crippen molar-refractivity contribution in [1.82, 2.24) is 10.6 Å². The fourth-order valence-corrected chi connectivity index (χ4v) is 2.83. The molecule has 9 heteroatoms. The number of barbiturate groups is 1. The van der Waals surface area contributed by atoms with E-state index in [4.69, 9.17) is 18.9 Å². The Hall–Kier alpha value is -3.59. The molecule has 0 atom stereocenters. The van der Waals surface area contributed by atoms with E-state index in [1.165, 1.54) is 0 Å². The summed E-state index contributed by atoms with van der Waals surface area (Å²) in [6.07, 6.45) is -0.0596. The molecule has 9 nitrogen and oxygen atoms in total. The van der Waals surface area contributed by atoms with E-state index in [1.807, 2.05) is 0 Å². The molecule has 4 amide bonds. The van der Waals surface area contributed by atoms with Crippen LogP contribution in [-0.4, -0.2) is 43.8 Å². The van der Waals surface area contributed by atoms with Crippen LogP contribution in [0, 0.1) is 0 Å². The van der Waals surface area contributed by atoms with E-state index in [9.17, 15) is 14.4 Å². The van der Waals surface area contributed by atoms with E-state index in [-0.39, 0.29) is 18.8 Å². The Balaban J connectivity index is 1.75. The number of urea groups is 1. The predicted molar refractivity (Wildman–Crippen MR) is 106 cm³/mol. The largest absolute Gasteiger partial charge is 0.497 e. The highest BCUT2D eigenvalue weighted by Crippen LogP contribution is 2.29. The quantitative estimate of drug-likeness (QED) is 0.479. The summed E-state index contributed by atoms with van der Waals surface area (Å²) in [5.41, 5.74) is -1.92. The lowest BCUT2D eigenvalue weighted by Gasteiger charge is -2.34. The van der Waals surface area contributed by atoms with Gasteiger partial charge in [-0.2, -0.15) is 0 Å². The number of nitrogens with one attached hydrogen (secondary N) is 2. The molecule has 2 aromatic rings. The molecule has 0 aliphatic carbocycles. The van der Waals surface area contributed by atoms with Crippen molar-refractivity contribution in [2.75, 3.05) is 20.3 Å². The highest BCUT2D eigenvalue weighted by atomic mass is 16.5. The van der Waals surface area contributed by atoms with Gasteiger partial charge in [-0.25, -0.2) is 4.79 Å². The summed E-state index contributed by atoms with van der Waals surface area (Å²) < 4.78 is 21.9. The Labute approximate surface area is 173 Å². The second-order valence-corrected chi connectivity index (χ2v) is 6.36. The highest BCUT2D eigenvalue weighted by molar-refractivity contribution is 6.21. The van der Waals surface area contributed by atoms with Gasteiger partial charge in [0.1, 0.15) is 23.0 Å². The number of benzene rings is 2. The maximum atomic E-state index is 12.5. The van der Waals surface area contributed by atoms with Crippen LogP contribution in [-0.2, 0) is 14.3 Å². The summed E-state index contributed by atoms with van der Waals surface area (Å²) in [5, 5.41) is 4.15. The van der Waals surface area contributed by atoms with E-state index < -0.39 is 23.4 Å². The van der Waals surface area contributed by atoms with Gasteiger partial charge >= 0.3 is 6.03 Å². The van der Waals surface area contributed by atoms with Crippen molar-refractivity contribution < 1.29 is 33.3 Å². The van der Waals surface area contributed by atoms with Gasteiger partial charge in [0.15, 0.2) is 0 Å². The van der Waals surface area contributed by atoms with Crippen LogP contribution >= 0.6 is 0 Å². The molecule has 2 N–H and O–H groups in total. The standard InChI is InChI=1S/C21H22N2O7/c1-3-28-13-12-21(18(24)22-20(26)23-19(21)25)30-17-10-8-16(9-11-17)29-15-6-4-14(27-2)5-7-15/h4-11H,3,12-13H2,1-2H3,(H2,22,23,24,25,26). The van der Waals surface area contributed by atoms with Crippen molar-refractivity contribution in [2.45, 2.75) is 18.9 Å². The van der Waals surface area contributed by atoms with Crippen LogP contribution in [0.1, 0.15) is 13.3 Å². The molecule has 0 bridgehead atoms. The third-order valence-corrected chi connectivity index (χ3v) is 4.40. The van der Waals surface area contributed by atoms with Crippen LogP contribution < -0.4 is 24.8 Å². The Morgan fingerprint density at radius 2 is 1.30 bits per heavy atom. The minimum atomic E-state index is -1.92. The van der Waals surface area contributed by atoms with Crippen LogP contribution in [0.2, 0.25) is 0 Å². The van der Waals surface area contributed by atoms with Gasteiger partial charge < -0.3 is 18.9 Å². The van der Waals surface area contributed by atoms with Gasteiger partial charge in [0.25, 0.3) is 17.4 Å². The molecule has 158 valence electrons. The number of imide groups is 2. The molecule has 0 spiro atoms. The van der Waals surface area contributed by atoms with Gasteiger partial charge in [0.05, 0.1) is 13.7 Å². The van der Waals surface area contributed by atoms with Crippen LogP contribution in [0.4, 0.5) is 4.79 Å². The summed E-state index contributed by atoms with van der Waals surface area (Å²) in [7, 11) is 1.58. The minimum absolute atomic E-state index is 0.0596. The van der Waals surface area contributed by atoms with E-state index in [1.54, 1.807) is 62.6 Å². The first kappa shape index (κ1) is 21.1. The zero-order valence-corrected chi connectivity index (χ0v) is 16.6. The summed E-state index contributed by atoms with van der Waals surface area (Å²) in [5.74, 6) is 0.439. The molecule has 30 heavy (non-hydrogen) atoms. The average Bonchev–Trinajstić information content (AvgIpc) is 2.74. The van der Waals surface area contributed by atoms with Crippen molar-refractivity contribution in [3.63, 3.8) is 0 Å². The zero-order valence-electron chi connectivity index (χ0n) is 16.6. The Morgan fingerprint density at radius 1 is 0.800 bits per heavy atom. The molecule has 1 saturated heterocycles. The zero-order chi connectivity index (χ0) is 21.6. The summed E-state index contributed by atoms with van der Waals surface area (Å²) in [6.45, 7) is 2.31. The first-order chi connectivity index (χ1) is 14.5. The van der Waals surface area contributed by atoms with Crippen LogP contribution in [0.15, 0.2) is 48.5 Å². The Bertz CT molecular complexity index is 890.